The molecule has 0 saturated heterocycles. The minimum absolute atomic E-state index is 0.128. The van der Waals surface area contributed by atoms with Crippen LogP contribution in [0.1, 0.15) is 20.8 Å². The minimum Gasteiger partial charge on any atom is -0.336 e. The lowest BCUT2D eigenvalue weighted by molar-refractivity contribution is 0.250. The number of nitrogens with zero attached hydrogens (tertiary/aromatic N) is 2. The second-order valence-corrected chi connectivity index (χ2v) is 3.31. The Labute approximate surface area is 83.5 Å². The predicted octanol–water partition coefficient (Wildman–Crippen LogP) is 1.43. The fraction of sp³-hybridized carbons (Fsp3) is 0.556. The van der Waals surface area contributed by atoms with Gasteiger partial charge in [0.25, 0.3) is 0 Å². The van der Waals surface area contributed by atoms with E-state index in [-0.39, 0.29) is 12.1 Å². The van der Waals surface area contributed by atoms with E-state index in [0.717, 1.165) is 6.54 Å². The van der Waals surface area contributed by atoms with Crippen molar-refractivity contribution in [2.75, 3.05) is 5.32 Å². The molecule has 1 heterocycles. The lowest BCUT2D eigenvalue weighted by Crippen LogP contribution is -2.34. The number of nitrogens with one attached hydrogen (secondary N) is 2. The lowest BCUT2D eigenvalue weighted by atomic mass is 10.4. The summed E-state index contributed by atoms with van der Waals surface area (Å²) in [6, 6.07) is 1.67. The number of urea groups is 1. The van der Waals surface area contributed by atoms with Crippen molar-refractivity contribution < 1.29 is 4.79 Å². The highest BCUT2D eigenvalue weighted by Gasteiger charge is 2.04. The molecule has 1 aromatic rings. The van der Waals surface area contributed by atoms with Crippen LogP contribution in [0, 0.1) is 0 Å². The van der Waals surface area contributed by atoms with E-state index in [2.05, 4.69) is 15.7 Å². The fourth-order valence-corrected chi connectivity index (χ4v) is 1.02. The lowest BCUT2D eigenvalue weighted by Gasteiger charge is -2.07. The van der Waals surface area contributed by atoms with E-state index in [0.29, 0.717) is 5.82 Å². The summed E-state index contributed by atoms with van der Waals surface area (Å²) in [4.78, 5) is 11.2. The SMILES string of the molecule is CCn1ccc(NC(=O)NC(C)C)n1. The Morgan fingerprint density at radius 3 is 2.86 bits per heavy atom. The van der Waals surface area contributed by atoms with Gasteiger partial charge in [-0.3, -0.25) is 10.00 Å². The Morgan fingerprint density at radius 1 is 1.64 bits per heavy atom. The highest BCUT2D eigenvalue weighted by molar-refractivity contribution is 5.88. The summed E-state index contributed by atoms with van der Waals surface area (Å²) in [6.45, 7) is 6.60. The van der Waals surface area contributed by atoms with Crippen molar-refractivity contribution in [3.05, 3.63) is 12.3 Å². The summed E-state index contributed by atoms with van der Waals surface area (Å²) in [6.07, 6.45) is 1.82. The molecule has 2 N–H and O–H groups in total. The van der Waals surface area contributed by atoms with Crippen LogP contribution < -0.4 is 10.6 Å². The maximum Gasteiger partial charge on any atom is 0.320 e. The average molecular weight is 196 g/mol. The van der Waals surface area contributed by atoms with Crippen molar-refractivity contribution in [1.82, 2.24) is 15.1 Å². The van der Waals surface area contributed by atoms with Crippen LogP contribution in [0.2, 0.25) is 0 Å². The first-order valence-corrected chi connectivity index (χ1v) is 4.72. The maximum atomic E-state index is 11.2. The van der Waals surface area contributed by atoms with Gasteiger partial charge >= 0.3 is 6.03 Å². The molecular weight excluding hydrogens is 180 g/mol. The third-order valence-corrected chi connectivity index (χ3v) is 1.63. The molecule has 0 bridgehead atoms. The number of carbonyl (C=O) groups is 1. The molecular formula is C9H16N4O. The van der Waals surface area contributed by atoms with Gasteiger partial charge in [-0.15, -0.1) is 0 Å². The summed E-state index contributed by atoms with van der Waals surface area (Å²) >= 11 is 0. The molecule has 14 heavy (non-hydrogen) atoms. The van der Waals surface area contributed by atoms with E-state index >= 15 is 0 Å². The molecule has 0 fully saturated rings. The topological polar surface area (TPSA) is 59.0 Å². The van der Waals surface area contributed by atoms with Gasteiger partial charge in [0.15, 0.2) is 5.82 Å². The van der Waals surface area contributed by atoms with E-state index in [9.17, 15) is 4.79 Å². The zero-order valence-corrected chi connectivity index (χ0v) is 8.74. The second kappa shape index (κ2) is 4.64. The Bertz CT molecular complexity index is 306. The second-order valence-electron chi connectivity index (χ2n) is 3.31. The van der Waals surface area contributed by atoms with Gasteiger partial charge in [-0.05, 0) is 20.8 Å². The van der Waals surface area contributed by atoms with Crippen molar-refractivity contribution >= 4 is 11.8 Å². The summed E-state index contributed by atoms with van der Waals surface area (Å²) in [5, 5.41) is 9.49. The molecule has 0 atom stereocenters. The summed E-state index contributed by atoms with van der Waals surface area (Å²) in [5.74, 6) is 0.574. The van der Waals surface area contributed by atoms with Crippen LogP contribution in [-0.4, -0.2) is 21.9 Å². The molecule has 1 rings (SSSR count). The largest absolute Gasteiger partial charge is 0.336 e. The fourth-order valence-electron chi connectivity index (χ4n) is 1.02. The minimum atomic E-state index is -0.221. The molecule has 0 aromatic carbocycles. The standard InChI is InChI=1S/C9H16N4O/c1-4-13-6-5-8(12-13)11-9(14)10-7(2)3/h5-7H,4H2,1-3H3,(H2,10,11,12,14). The van der Waals surface area contributed by atoms with Gasteiger partial charge in [0, 0.05) is 24.8 Å². The molecule has 0 aliphatic carbocycles. The first-order valence-electron chi connectivity index (χ1n) is 4.72. The first kappa shape index (κ1) is 10.6. The van der Waals surface area contributed by atoms with Crippen LogP contribution in [0.5, 0.6) is 0 Å². The van der Waals surface area contributed by atoms with E-state index in [1.165, 1.54) is 0 Å². The van der Waals surface area contributed by atoms with Gasteiger partial charge in [0.05, 0.1) is 0 Å². The highest BCUT2D eigenvalue weighted by Crippen LogP contribution is 2.01. The highest BCUT2D eigenvalue weighted by atomic mass is 16.2. The monoisotopic (exact) mass is 196 g/mol. The summed E-state index contributed by atoms with van der Waals surface area (Å²) < 4.78 is 1.75. The zero-order chi connectivity index (χ0) is 10.6. The van der Waals surface area contributed by atoms with Gasteiger partial charge in [-0.1, -0.05) is 0 Å². The van der Waals surface area contributed by atoms with Gasteiger partial charge in [-0.25, -0.2) is 4.79 Å². The van der Waals surface area contributed by atoms with Gasteiger partial charge in [0.2, 0.25) is 0 Å². The van der Waals surface area contributed by atoms with Crippen molar-refractivity contribution in [1.29, 1.82) is 0 Å². The molecule has 5 nitrogen and oxygen atoms in total. The normalized spacial score (nSPS) is 10.3. The number of hydrogen-bond acceptors (Lipinski definition) is 2. The third-order valence-electron chi connectivity index (χ3n) is 1.63. The van der Waals surface area contributed by atoms with Crippen LogP contribution in [0.3, 0.4) is 0 Å². The summed E-state index contributed by atoms with van der Waals surface area (Å²) in [7, 11) is 0. The maximum absolute atomic E-state index is 11.2. The Kier molecular flexibility index (Phi) is 3.50. The number of carbonyl (C=O) groups excluding carboxylic acids is 1. The van der Waals surface area contributed by atoms with Gasteiger partial charge in [0.1, 0.15) is 0 Å². The first-order chi connectivity index (χ1) is 6.61. The van der Waals surface area contributed by atoms with E-state index in [1.807, 2.05) is 27.0 Å². The van der Waals surface area contributed by atoms with Crippen LogP contribution in [0.15, 0.2) is 12.3 Å². The number of aryl methyl sites for hydroxylation is 1. The Morgan fingerprint density at radius 2 is 2.36 bits per heavy atom. The number of hydrogen-bond donors (Lipinski definition) is 2. The van der Waals surface area contributed by atoms with E-state index < -0.39 is 0 Å². The molecule has 2 amide bonds. The third kappa shape index (κ3) is 3.08. The molecule has 78 valence electrons. The Hall–Kier alpha value is -1.52. The molecule has 0 spiro atoms. The number of anilines is 1. The van der Waals surface area contributed by atoms with Crippen molar-refractivity contribution in [3.63, 3.8) is 0 Å². The zero-order valence-electron chi connectivity index (χ0n) is 8.74. The van der Waals surface area contributed by atoms with Crippen molar-refractivity contribution in [2.45, 2.75) is 33.4 Å². The summed E-state index contributed by atoms with van der Waals surface area (Å²) in [5.41, 5.74) is 0. The van der Waals surface area contributed by atoms with Gasteiger partial charge < -0.3 is 5.32 Å². The van der Waals surface area contributed by atoms with Crippen LogP contribution >= 0.6 is 0 Å². The smallest absolute Gasteiger partial charge is 0.320 e. The van der Waals surface area contributed by atoms with E-state index in [4.69, 9.17) is 0 Å². The average Bonchev–Trinajstić information content (AvgIpc) is 2.50. The molecule has 0 aliphatic rings. The molecule has 1 aromatic heterocycles. The van der Waals surface area contributed by atoms with Crippen molar-refractivity contribution in [3.8, 4) is 0 Å². The quantitative estimate of drug-likeness (QED) is 0.768. The number of aromatic nitrogens is 2. The van der Waals surface area contributed by atoms with Gasteiger partial charge in [-0.2, -0.15) is 5.10 Å². The molecule has 5 heteroatoms. The predicted molar refractivity (Wildman–Crippen MR) is 55.2 cm³/mol. The molecule has 0 unspecified atom stereocenters. The van der Waals surface area contributed by atoms with E-state index in [1.54, 1.807) is 10.7 Å². The number of rotatable bonds is 3. The van der Waals surface area contributed by atoms with Crippen LogP contribution in [0.25, 0.3) is 0 Å². The number of amides is 2. The molecule has 0 aliphatic heterocycles. The molecule has 0 saturated carbocycles. The van der Waals surface area contributed by atoms with Crippen LogP contribution in [-0.2, 0) is 6.54 Å². The van der Waals surface area contributed by atoms with Crippen molar-refractivity contribution in [2.24, 2.45) is 0 Å². The Balaban J connectivity index is 2.47. The van der Waals surface area contributed by atoms with Crippen LogP contribution in [0.4, 0.5) is 10.6 Å². The molecule has 0 radical (unpaired) electrons.